The molecule has 0 saturated carbocycles. The molecule has 2 aromatic rings. The summed E-state index contributed by atoms with van der Waals surface area (Å²) in [5, 5.41) is 13.7. The molecule has 1 heterocycles. The van der Waals surface area contributed by atoms with Crippen LogP contribution in [0.3, 0.4) is 0 Å². The van der Waals surface area contributed by atoms with Crippen LogP contribution >= 0.6 is 0 Å². The lowest BCUT2D eigenvalue weighted by Gasteiger charge is -2.32. The lowest BCUT2D eigenvalue weighted by Crippen LogP contribution is -2.32. The van der Waals surface area contributed by atoms with E-state index < -0.39 is 4.92 Å². The molecule has 1 N–H and O–H groups in total. The fourth-order valence-corrected chi connectivity index (χ4v) is 3.54. The first kappa shape index (κ1) is 20.4. The molecule has 0 radical (unpaired) electrons. The maximum absolute atomic E-state index is 12.4. The van der Waals surface area contributed by atoms with Crippen LogP contribution in [0.15, 0.2) is 30.3 Å². The van der Waals surface area contributed by atoms with Crippen molar-refractivity contribution in [3.63, 3.8) is 0 Å². The van der Waals surface area contributed by atoms with Crippen LogP contribution in [0.25, 0.3) is 0 Å². The topological polar surface area (TPSA) is 93.9 Å². The van der Waals surface area contributed by atoms with Crippen molar-refractivity contribution in [3.05, 3.63) is 57.1 Å². The number of rotatable bonds is 7. The number of benzene rings is 2. The summed E-state index contributed by atoms with van der Waals surface area (Å²) >= 11 is 0. The highest BCUT2D eigenvalue weighted by atomic mass is 16.6. The van der Waals surface area contributed by atoms with Gasteiger partial charge in [0.05, 0.1) is 29.4 Å². The average Bonchev–Trinajstić information content (AvgIpc) is 2.73. The summed E-state index contributed by atoms with van der Waals surface area (Å²) in [6.07, 6.45) is 0.770. The normalized spacial score (nSPS) is 12.9. The van der Waals surface area contributed by atoms with Crippen LogP contribution in [0, 0.1) is 10.1 Å². The lowest BCUT2D eigenvalue weighted by atomic mass is 9.97. The molecule has 154 valence electrons. The van der Waals surface area contributed by atoms with Crippen molar-refractivity contribution in [2.75, 3.05) is 31.7 Å². The van der Waals surface area contributed by atoms with Gasteiger partial charge in [-0.3, -0.25) is 14.9 Å². The molecule has 0 unspecified atom stereocenters. The van der Waals surface area contributed by atoms with Crippen LogP contribution in [0.1, 0.15) is 35.3 Å². The van der Waals surface area contributed by atoms with Crippen LogP contribution < -0.4 is 19.7 Å². The quantitative estimate of drug-likeness (QED) is 0.567. The van der Waals surface area contributed by atoms with Crippen LogP contribution in [0.2, 0.25) is 0 Å². The van der Waals surface area contributed by atoms with Gasteiger partial charge in [-0.25, -0.2) is 0 Å². The highest BCUT2D eigenvalue weighted by molar-refractivity contribution is 6.00. The zero-order valence-electron chi connectivity index (χ0n) is 16.9. The summed E-state index contributed by atoms with van der Waals surface area (Å²) < 4.78 is 11.4. The molecule has 1 amide bonds. The average molecular weight is 399 g/mol. The van der Waals surface area contributed by atoms with Gasteiger partial charge in [-0.05, 0) is 49.6 Å². The molecule has 3 rings (SSSR count). The summed E-state index contributed by atoms with van der Waals surface area (Å²) in [6.45, 7) is 6.22. The van der Waals surface area contributed by atoms with Gasteiger partial charge in [-0.2, -0.15) is 0 Å². The standard InChI is InChI=1S/C21H25N3O5/c1-4-28-19-10-14-8-9-23(13-15(14)11-20(19)29-5-2)18-7-6-16(24(26)27)12-17(18)21(25)22-3/h6-7,10-12H,4-5,8-9,13H2,1-3H3,(H,22,25). The van der Waals surface area contributed by atoms with E-state index in [4.69, 9.17) is 9.47 Å². The van der Waals surface area contributed by atoms with E-state index in [1.54, 1.807) is 6.07 Å². The van der Waals surface area contributed by atoms with Crippen molar-refractivity contribution in [2.45, 2.75) is 26.8 Å². The first-order chi connectivity index (χ1) is 14.0. The second-order valence-electron chi connectivity index (χ2n) is 6.64. The Balaban J connectivity index is 1.97. The minimum Gasteiger partial charge on any atom is -0.490 e. The Morgan fingerprint density at radius 3 is 2.38 bits per heavy atom. The monoisotopic (exact) mass is 399 g/mol. The minimum atomic E-state index is -0.495. The largest absolute Gasteiger partial charge is 0.490 e. The number of carbonyl (C=O) groups is 1. The maximum atomic E-state index is 12.4. The SMILES string of the molecule is CCOc1cc2c(cc1OCC)CN(c1ccc([N+](=O)[O-])cc1C(=O)NC)CC2. The van der Waals surface area contributed by atoms with Crippen LogP contribution in [0.5, 0.6) is 11.5 Å². The maximum Gasteiger partial charge on any atom is 0.270 e. The van der Waals surface area contributed by atoms with Gasteiger partial charge in [0.15, 0.2) is 11.5 Å². The molecule has 8 heteroatoms. The molecule has 0 atom stereocenters. The molecule has 0 aliphatic carbocycles. The van der Waals surface area contributed by atoms with Gasteiger partial charge in [-0.1, -0.05) is 0 Å². The summed E-state index contributed by atoms with van der Waals surface area (Å²) in [5.74, 6) is 1.09. The van der Waals surface area contributed by atoms with E-state index in [2.05, 4.69) is 10.2 Å². The van der Waals surface area contributed by atoms with E-state index in [-0.39, 0.29) is 11.6 Å². The van der Waals surface area contributed by atoms with Crippen LogP contribution in [0.4, 0.5) is 11.4 Å². The Labute approximate surface area is 169 Å². The predicted molar refractivity (Wildman–Crippen MR) is 110 cm³/mol. The number of nitro benzene ring substituents is 1. The Hall–Kier alpha value is -3.29. The highest BCUT2D eigenvalue weighted by Gasteiger charge is 2.24. The number of hydrogen-bond donors (Lipinski definition) is 1. The number of amides is 1. The third kappa shape index (κ3) is 4.26. The summed E-state index contributed by atoms with van der Waals surface area (Å²) in [6, 6.07) is 8.41. The number of nitro groups is 1. The Morgan fingerprint density at radius 1 is 1.14 bits per heavy atom. The molecule has 8 nitrogen and oxygen atoms in total. The number of nitrogens with one attached hydrogen (secondary N) is 1. The van der Waals surface area contributed by atoms with Gasteiger partial charge in [0, 0.05) is 32.3 Å². The van der Waals surface area contributed by atoms with Crippen molar-refractivity contribution in [2.24, 2.45) is 0 Å². The summed E-state index contributed by atoms with van der Waals surface area (Å²) in [7, 11) is 1.51. The number of ether oxygens (including phenoxy) is 2. The van der Waals surface area contributed by atoms with E-state index in [0.29, 0.717) is 43.3 Å². The molecular weight excluding hydrogens is 374 g/mol. The minimum absolute atomic E-state index is 0.107. The number of fused-ring (bicyclic) bond motifs is 1. The smallest absolute Gasteiger partial charge is 0.270 e. The number of hydrogen-bond acceptors (Lipinski definition) is 6. The van der Waals surface area contributed by atoms with Gasteiger partial charge in [0.25, 0.3) is 11.6 Å². The van der Waals surface area contributed by atoms with Crippen LogP contribution in [-0.4, -0.2) is 37.6 Å². The van der Waals surface area contributed by atoms with E-state index in [0.717, 1.165) is 17.7 Å². The van der Waals surface area contributed by atoms with Crippen molar-refractivity contribution >= 4 is 17.3 Å². The van der Waals surface area contributed by atoms with Gasteiger partial charge in [0.2, 0.25) is 0 Å². The molecule has 0 aromatic heterocycles. The van der Waals surface area contributed by atoms with E-state index in [9.17, 15) is 14.9 Å². The summed E-state index contributed by atoms with van der Waals surface area (Å²) in [5.41, 5.74) is 3.12. The van der Waals surface area contributed by atoms with Gasteiger partial charge >= 0.3 is 0 Å². The second kappa shape index (κ2) is 8.81. The third-order valence-electron chi connectivity index (χ3n) is 4.88. The second-order valence-corrected chi connectivity index (χ2v) is 6.64. The zero-order valence-corrected chi connectivity index (χ0v) is 16.9. The first-order valence-corrected chi connectivity index (χ1v) is 9.65. The van der Waals surface area contributed by atoms with Gasteiger partial charge in [-0.15, -0.1) is 0 Å². The van der Waals surface area contributed by atoms with Crippen molar-refractivity contribution in [1.29, 1.82) is 0 Å². The lowest BCUT2D eigenvalue weighted by molar-refractivity contribution is -0.384. The predicted octanol–water partition coefficient (Wildman–Crippen LogP) is 3.31. The summed E-state index contributed by atoms with van der Waals surface area (Å²) in [4.78, 5) is 25.1. The molecule has 0 spiro atoms. The van der Waals surface area contributed by atoms with Gasteiger partial charge in [0.1, 0.15) is 0 Å². The van der Waals surface area contributed by atoms with Crippen molar-refractivity contribution < 1.29 is 19.2 Å². The van der Waals surface area contributed by atoms with Crippen molar-refractivity contribution in [1.82, 2.24) is 5.32 Å². The number of nitrogens with zero attached hydrogens (tertiary/aromatic N) is 2. The molecule has 1 aliphatic heterocycles. The van der Waals surface area contributed by atoms with Crippen molar-refractivity contribution in [3.8, 4) is 11.5 Å². The fourth-order valence-electron chi connectivity index (χ4n) is 3.54. The molecule has 29 heavy (non-hydrogen) atoms. The Morgan fingerprint density at radius 2 is 1.79 bits per heavy atom. The molecular formula is C21H25N3O5. The first-order valence-electron chi connectivity index (χ1n) is 9.65. The third-order valence-corrected chi connectivity index (χ3v) is 4.88. The van der Waals surface area contributed by atoms with E-state index in [1.807, 2.05) is 26.0 Å². The van der Waals surface area contributed by atoms with Crippen LogP contribution in [-0.2, 0) is 13.0 Å². The van der Waals surface area contributed by atoms with Gasteiger partial charge < -0.3 is 19.7 Å². The molecule has 0 bridgehead atoms. The van der Waals surface area contributed by atoms with E-state index >= 15 is 0 Å². The number of anilines is 1. The van der Waals surface area contributed by atoms with E-state index in [1.165, 1.54) is 24.7 Å². The Bertz CT molecular complexity index is 929. The molecule has 0 saturated heterocycles. The fraction of sp³-hybridized carbons (Fsp3) is 0.381. The molecule has 0 fully saturated rings. The molecule has 2 aromatic carbocycles. The highest BCUT2D eigenvalue weighted by Crippen LogP contribution is 2.36. The number of carbonyl (C=O) groups excluding carboxylic acids is 1. The Kier molecular flexibility index (Phi) is 6.21. The number of non-ortho nitro benzene ring substituents is 1. The molecule has 1 aliphatic rings. The zero-order chi connectivity index (χ0) is 21.0.